The van der Waals surface area contributed by atoms with Crippen molar-refractivity contribution in [3.63, 3.8) is 0 Å². The molecule has 0 radical (unpaired) electrons. The molecule has 0 atom stereocenters. The molecule has 1 aromatic heterocycles. The predicted octanol–water partition coefficient (Wildman–Crippen LogP) is 2.43. The summed E-state index contributed by atoms with van der Waals surface area (Å²) < 4.78 is 18.8. The second-order valence-electron chi connectivity index (χ2n) is 3.51. The lowest BCUT2D eigenvalue weighted by Crippen LogP contribution is -2.34. The Labute approximate surface area is 105 Å². The third kappa shape index (κ3) is 3.47. The molecule has 0 aliphatic carbocycles. The molecule has 16 heavy (non-hydrogen) atoms. The van der Waals surface area contributed by atoms with Crippen molar-refractivity contribution in [3.05, 3.63) is 23.1 Å². The van der Waals surface area contributed by atoms with Gasteiger partial charge in [0.25, 0.3) is 5.88 Å². The van der Waals surface area contributed by atoms with Gasteiger partial charge in [0.15, 0.2) is 5.82 Å². The summed E-state index contributed by atoms with van der Waals surface area (Å²) in [4.78, 5) is 3.82. The van der Waals surface area contributed by atoms with Crippen LogP contribution in [0.5, 0.6) is 5.88 Å². The number of nitrogens with zero attached hydrogens (tertiary/aromatic N) is 1. The zero-order chi connectivity index (χ0) is 10.7. The van der Waals surface area contributed by atoms with Gasteiger partial charge in [0.2, 0.25) is 0 Å². The van der Waals surface area contributed by atoms with Crippen LogP contribution in [0.1, 0.15) is 12.8 Å². The van der Waals surface area contributed by atoms with Crippen LogP contribution >= 0.6 is 24.0 Å². The number of nitrogens with one attached hydrogen (secondary N) is 1. The molecule has 1 saturated heterocycles. The number of hydrogen-bond donors (Lipinski definition) is 1. The molecule has 90 valence electrons. The minimum Gasteiger partial charge on any atom is -0.472 e. The van der Waals surface area contributed by atoms with Gasteiger partial charge in [0.05, 0.1) is 5.02 Å². The Bertz CT molecular complexity index is 346. The highest BCUT2D eigenvalue weighted by molar-refractivity contribution is 6.30. The lowest BCUT2D eigenvalue weighted by Gasteiger charge is -2.23. The number of aromatic nitrogens is 1. The predicted molar refractivity (Wildman–Crippen MR) is 63.0 cm³/mol. The first-order valence-corrected chi connectivity index (χ1v) is 5.32. The molecular formula is C10H13Cl2FN2O. The van der Waals surface area contributed by atoms with Crippen molar-refractivity contribution >= 4 is 24.0 Å². The van der Waals surface area contributed by atoms with E-state index in [0.717, 1.165) is 25.9 Å². The fraction of sp³-hybridized carbons (Fsp3) is 0.500. The largest absolute Gasteiger partial charge is 0.472 e. The Morgan fingerprint density at radius 3 is 2.75 bits per heavy atom. The molecule has 0 unspecified atom stereocenters. The molecule has 2 rings (SSSR count). The normalized spacial score (nSPS) is 16.6. The van der Waals surface area contributed by atoms with Gasteiger partial charge >= 0.3 is 0 Å². The van der Waals surface area contributed by atoms with Gasteiger partial charge in [-0.25, -0.2) is 9.37 Å². The maximum absolute atomic E-state index is 13.3. The van der Waals surface area contributed by atoms with Crippen molar-refractivity contribution in [2.75, 3.05) is 13.1 Å². The number of piperidine rings is 1. The van der Waals surface area contributed by atoms with Crippen LogP contribution in [0.25, 0.3) is 0 Å². The summed E-state index contributed by atoms with van der Waals surface area (Å²) in [5.74, 6) is -0.452. The van der Waals surface area contributed by atoms with Crippen LogP contribution in [0.15, 0.2) is 12.3 Å². The number of halogens is 3. The van der Waals surface area contributed by atoms with Gasteiger partial charge in [0, 0.05) is 6.20 Å². The van der Waals surface area contributed by atoms with Crippen LogP contribution in [-0.4, -0.2) is 24.2 Å². The average molecular weight is 267 g/mol. The summed E-state index contributed by atoms with van der Waals surface area (Å²) in [6.07, 6.45) is 3.20. The average Bonchev–Trinajstić information content (AvgIpc) is 2.24. The molecular weight excluding hydrogens is 254 g/mol. The Balaban J connectivity index is 0.00000128. The van der Waals surface area contributed by atoms with Crippen molar-refractivity contribution in [1.29, 1.82) is 0 Å². The smallest absolute Gasteiger partial charge is 0.250 e. The van der Waals surface area contributed by atoms with E-state index in [1.807, 2.05) is 0 Å². The minimum atomic E-state index is -0.499. The molecule has 0 spiro atoms. The first-order chi connectivity index (χ1) is 7.25. The van der Waals surface area contributed by atoms with E-state index in [0.29, 0.717) is 0 Å². The third-order valence-corrected chi connectivity index (χ3v) is 2.55. The molecule has 0 saturated carbocycles. The first kappa shape index (κ1) is 13.5. The summed E-state index contributed by atoms with van der Waals surface area (Å²) in [5, 5.41) is 3.49. The second-order valence-corrected chi connectivity index (χ2v) is 3.94. The van der Waals surface area contributed by atoms with E-state index in [1.54, 1.807) is 0 Å². The summed E-state index contributed by atoms with van der Waals surface area (Å²) in [7, 11) is 0. The summed E-state index contributed by atoms with van der Waals surface area (Å²) in [5.41, 5.74) is 0. The molecule has 1 aliphatic rings. The molecule has 3 nitrogen and oxygen atoms in total. The molecule has 0 amide bonds. The standard InChI is InChI=1S/C10H12ClFN2O.ClH/c11-7-5-9(12)10(14-6-7)15-8-1-3-13-4-2-8;/h5-6,8,13H,1-4H2;1H. The number of rotatable bonds is 2. The van der Waals surface area contributed by atoms with Gasteiger partial charge in [-0.3, -0.25) is 0 Å². The van der Waals surface area contributed by atoms with Crippen molar-refractivity contribution < 1.29 is 9.13 Å². The molecule has 1 aromatic rings. The van der Waals surface area contributed by atoms with Gasteiger partial charge in [-0.15, -0.1) is 12.4 Å². The van der Waals surface area contributed by atoms with E-state index in [1.165, 1.54) is 12.3 Å². The Morgan fingerprint density at radius 2 is 2.12 bits per heavy atom. The molecule has 0 bridgehead atoms. The molecule has 1 N–H and O–H groups in total. The summed E-state index contributed by atoms with van der Waals surface area (Å²) in [6.45, 7) is 1.81. The zero-order valence-electron chi connectivity index (χ0n) is 8.58. The number of ether oxygens (including phenoxy) is 1. The molecule has 1 aliphatic heterocycles. The third-order valence-electron chi connectivity index (χ3n) is 2.34. The van der Waals surface area contributed by atoms with Crippen LogP contribution in [0.2, 0.25) is 5.02 Å². The quantitative estimate of drug-likeness (QED) is 0.893. The molecule has 6 heteroatoms. The lowest BCUT2D eigenvalue weighted by atomic mass is 10.1. The van der Waals surface area contributed by atoms with Crippen molar-refractivity contribution in [2.45, 2.75) is 18.9 Å². The molecule has 2 heterocycles. The molecule has 0 aromatic carbocycles. The van der Waals surface area contributed by atoms with Crippen molar-refractivity contribution in [2.24, 2.45) is 0 Å². The summed E-state index contributed by atoms with van der Waals surface area (Å²) in [6, 6.07) is 1.21. The van der Waals surface area contributed by atoms with Crippen LogP contribution in [0.3, 0.4) is 0 Å². The second kappa shape index (κ2) is 6.23. The van der Waals surface area contributed by atoms with Gasteiger partial charge in [-0.05, 0) is 32.0 Å². The maximum atomic E-state index is 13.3. The van der Waals surface area contributed by atoms with E-state index >= 15 is 0 Å². The number of hydrogen-bond acceptors (Lipinski definition) is 3. The topological polar surface area (TPSA) is 34.1 Å². The highest BCUT2D eigenvalue weighted by Gasteiger charge is 2.17. The van der Waals surface area contributed by atoms with E-state index in [2.05, 4.69) is 10.3 Å². The summed E-state index contributed by atoms with van der Waals surface area (Å²) >= 11 is 5.59. The Kier molecular flexibility index (Phi) is 5.25. The van der Waals surface area contributed by atoms with Crippen LogP contribution in [0, 0.1) is 5.82 Å². The SMILES string of the molecule is Cl.Fc1cc(Cl)cnc1OC1CCNCC1. The van der Waals surface area contributed by atoms with Crippen molar-refractivity contribution in [1.82, 2.24) is 10.3 Å². The number of pyridine rings is 1. The fourth-order valence-corrected chi connectivity index (χ4v) is 1.70. The highest BCUT2D eigenvalue weighted by atomic mass is 35.5. The monoisotopic (exact) mass is 266 g/mol. The van der Waals surface area contributed by atoms with Crippen molar-refractivity contribution in [3.8, 4) is 5.88 Å². The first-order valence-electron chi connectivity index (χ1n) is 4.94. The van der Waals surface area contributed by atoms with Gasteiger partial charge < -0.3 is 10.1 Å². The Morgan fingerprint density at radius 1 is 1.44 bits per heavy atom. The van der Waals surface area contributed by atoms with Gasteiger partial charge in [0.1, 0.15) is 6.10 Å². The van der Waals surface area contributed by atoms with E-state index < -0.39 is 5.82 Å². The van der Waals surface area contributed by atoms with E-state index in [-0.39, 0.29) is 29.4 Å². The van der Waals surface area contributed by atoms with Crippen LogP contribution < -0.4 is 10.1 Å². The van der Waals surface area contributed by atoms with Crippen LogP contribution in [-0.2, 0) is 0 Å². The highest BCUT2D eigenvalue weighted by Crippen LogP contribution is 2.20. The van der Waals surface area contributed by atoms with Gasteiger partial charge in [-0.2, -0.15) is 0 Å². The minimum absolute atomic E-state index is 0. The zero-order valence-corrected chi connectivity index (χ0v) is 10.2. The van der Waals surface area contributed by atoms with Crippen LogP contribution in [0.4, 0.5) is 4.39 Å². The Hall–Kier alpha value is -0.580. The fourth-order valence-electron chi connectivity index (χ4n) is 1.56. The molecule has 1 fully saturated rings. The van der Waals surface area contributed by atoms with E-state index in [4.69, 9.17) is 16.3 Å². The lowest BCUT2D eigenvalue weighted by molar-refractivity contribution is 0.149. The maximum Gasteiger partial charge on any atom is 0.250 e. The van der Waals surface area contributed by atoms with E-state index in [9.17, 15) is 4.39 Å². The van der Waals surface area contributed by atoms with Gasteiger partial charge in [-0.1, -0.05) is 11.6 Å².